The van der Waals surface area contributed by atoms with Crippen molar-refractivity contribution in [3.05, 3.63) is 12.7 Å². The van der Waals surface area contributed by atoms with Crippen LogP contribution in [0.5, 0.6) is 0 Å². The van der Waals surface area contributed by atoms with Crippen molar-refractivity contribution in [2.75, 3.05) is 13.7 Å². The van der Waals surface area contributed by atoms with Gasteiger partial charge in [-0.15, -0.1) is 6.58 Å². The van der Waals surface area contributed by atoms with Gasteiger partial charge in [-0.2, -0.15) is 0 Å². The van der Waals surface area contributed by atoms with Crippen molar-refractivity contribution in [3.63, 3.8) is 0 Å². The number of rotatable bonds is 9. The van der Waals surface area contributed by atoms with E-state index < -0.39 is 41.8 Å². The Morgan fingerprint density at radius 3 is 2.52 bits per heavy atom. The summed E-state index contributed by atoms with van der Waals surface area (Å²) in [5, 5.41) is 12.7. The Morgan fingerprint density at radius 1 is 1.31 bits per heavy atom. The van der Waals surface area contributed by atoms with Gasteiger partial charge in [-0.1, -0.05) is 19.4 Å². The molecule has 4 atom stereocenters. The van der Waals surface area contributed by atoms with Gasteiger partial charge in [0.15, 0.2) is 0 Å². The minimum Gasteiger partial charge on any atom is -0.467 e. The molecule has 0 aromatic carbocycles. The van der Waals surface area contributed by atoms with Gasteiger partial charge in [-0.3, -0.25) is 4.79 Å². The summed E-state index contributed by atoms with van der Waals surface area (Å²) in [6.45, 7) is 10.8. The van der Waals surface area contributed by atoms with Crippen LogP contribution in [-0.2, 0) is 19.1 Å². The van der Waals surface area contributed by atoms with E-state index in [1.54, 1.807) is 20.8 Å². The molecule has 0 saturated carbocycles. The minimum absolute atomic E-state index is 0.0221. The van der Waals surface area contributed by atoms with Crippen LogP contribution in [0.3, 0.4) is 0 Å². The number of aliphatic hydroxyl groups excluding tert-OH is 1. The van der Waals surface area contributed by atoms with Crippen LogP contribution >= 0.6 is 0 Å². The fraction of sp³-hybridized carbons (Fsp3) is 0.762. The first-order chi connectivity index (χ1) is 13.5. The summed E-state index contributed by atoms with van der Waals surface area (Å²) < 4.78 is 10.1. The average molecular weight is 413 g/mol. The lowest BCUT2D eigenvalue weighted by atomic mass is 9.94. The number of carbonyl (C=O) groups is 3. The standard InChI is InChI=1S/C21H36N2O6/c1-7-8-9-10-11-14(2)17(22-20(27)29-21(3,4)5)18(25)23-13-15(24)12-16(23)19(26)28-6/h7,14-17,24H,1,8-13H2,2-6H3,(H,22,27)/t14-,15-,16+,17?/m1/s1. The second-order valence-electron chi connectivity index (χ2n) is 8.59. The zero-order valence-electron chi connectivity index (χ0n) is 18.3. The van der Waals surface area contributed by atoms with Crippen LogP contribution in [0.4, 0.5) is 4.79 Å². The summed E-state index contributed by atoms with van der Waals surface area (Å²) >= 11 is 0. The molecule has 2 N–H and O–H groups in total. The molecule has 0 radical (unpaired) electrons. The molecule has 1 heterocycles. The van der Waals surface area contributed by atoms with Crippen LogP contribution < -0.4 is 5.32 Å². The number of amides is 2. The fourth-order valence-electron chi connectivity index (χ4n) is 3.40. The Hall–Kier alpha value is -2.09. The number of carbonyl (C=O) groups excluding carboxylic acids is 3. The van der Waals surface area contributed by atoms with Gasteiger partial charge in [-0.05, 0) is 46.0 Å². The molecular weight excluding hydrogens is 376 g/mol. The second kappa shape index (κ2) is 11.2. The molecular formula is C21H36N2O6. The number of esters is 1. The number of unbranched alkanes of at least 4 members (excludes halogenated alkanes) is 2. The molecule has 1 fully saturated rings. The summed E-state index contributed by atoms with van der Waals surface area (Å²) in [6.07, 6.45) is 3.86. The number of β-amino-alcohol motifs (C(OH)–C–C–N with tert-alkyl or cyclic N) is 1. The third-order valence-corrected chi connectivity index (χ3v) is 4.86. The lowest BCUT2D eigenvalue weighted by molar-refractivity contribution is -0.152. The number of hydrogen-bond donors (Lipinski definition) is 2. The van der Waals surface area contributed by atoms with Crippen LogP contribution in [0.25, 0.3) is 0 Å². The van der Waals surface area contributed by atoms with E-state index in [1.165, 1.54) is 12.0 Å². The maximum atomic E-state index is 13.3. The summed E-state index contributed by atoms with van der Waals surface area (Å²) in [7, 11) is 1.24. The van der Waals surface area contributed by atoms with Crippen LogP contribution in [-0.4, -0.2) is 65.4 Å². The molecule has 8 nitrogen and oxygen atoms in total. The van der Waals surface area contributed by atoms with Crippen molar-refractivity contribution in [3.8, 4) is 0 Å². The lowest BCUT2D eigenvalue weighted by Crippen LogP contribution is -2.55. The number of methoxy groups -OCH3 is 1. The maximum Gasteiger partial charge on any atom is 0.408 e. The smallest absolute Gasteiger partial charge is 0.408 e. The average Bonchev–Trinajstić information content (AvgIpc) is 3.02. The quantitative estimate of drug-likeness (QED) is 0.342. The number of hydrogen-bond acceptors (Lipinski definition) is 6. The predicted octanol–water partition coefficient (Wildman–Crippen LogP) is 2.40. The number of nitrogens with one attached hydrogen (secondary N) is 1. The van der Waals surface area contributed by atoms with Crippen molar-refractivity contribution >= 4 is 18.0 Å². The lowest BCUT2D eigenvalue weighted by Gasteiger charge is -2.31. The SMILES string of the molecule is C=CCCCC[C@@H](C)C(NC(=O)OC(C)(C)C)C(=O)N1C[C@H](O)C[C@H]1C(=O)OC. The number of alkyl carbamates (subject to hydrolysis) is 1. The van der Waals surface area contributed by atoms with Gasteiger partial charge in [0.1, 0.15) is 17.7 Å². The molecule has 1 aliphatic heterocycles. The Balaban J connectivity index is 2.97. The second-order valence-corrected chi connectivity index (χ2v) is 8.59. The van der Waals surface area contributed by atoms with E-state index in [0.717, 1.165) is 19.3 Å². The highest BCUT2D eigenvalue weighted by molar-refractivity contribution is 5.90. The van der Waals surface area contributed by atoms with Gasteiger partial charge in [0.2, 0.25) is 5.91 Å². The van der Waals surface area contributed by atoms with E-state index in [2.05, 4.69) is 11.9 Å². The highest BCUT2D eigenvalue weighted by Crippen LogP contribution is 2.24. The zero-order valence-corrected chi connectivity index (χ0v) is 18.3. The normalized spacial score (nSPS) is 21.2. The topological polar surface area (TPSA) is 105 Å². The van der Waals surface area contributed by atoms with Gasteiger partial charge in [0.25, 0.3) is 0 Å². The maximum absolute atomic E-state index is 13.3. The molecule has 1 saturated heterocycles. The van der Waals surface area contributed by atoms with E-state index in [4.69, 9.17) is 9.47 Å². The largest absolute Gasteiger partial charge is 0.467 e. The van der Waals surface area contributed by atoms with Crippen molar-refractivity contribution < 1.29 is 29.0 Å². The van der Waals surface area contributed by atoms with Gasteiger partial charge in [0.05, 0.1) is 13.2 Å². The Labute approximate surface area is 173 Å². The van der Waals surface area contributed by atoms with E-state index in [0.29, 0.717) is 6.42 Å². The molecule has 0 aromatic heterocycles. The Bertz CT molecular complexity index is 586. The van der Waals surface area contributed by atoms with Crippen LogP contribution in [0.15, 0.2) is 12.7 Å². The van der Waals surface area contributed by atoms with Crippen molar-refractivity contribution in [1.82, 2.24) is 10.2 Å². The summed E-state index contributed by atoms with van der Waals surface area (Å²) in [5.41, 5.74) is -0.705. The van der Waals surface area contributed by atoms with Crippen LogP contribution in [0.2, 0.25) is 0 Å². The third kappa shape index (κ3) is 8.04. The molecule has 8 heteroatoms. The van der Waals surface area contributed by atoms with Crippen molar-refractivity contribution in [2.45, 2.75) is 83.6 Å². The number of aliphatic hydroxyl groups is 1. The highest BCUT2D eigenvalue weighted by atomic mass is 16.6. The number of nitrogens with zero attached hydrogens (tertiary/aromatic N) is 1. The molecule has 1 unspecified atom stereocenters. The summed E-state index contributed by atoms with van der Waals surface area (Å²) in [4.78, 5) is 39.0. The fourth-order valence-corrected chi connectivity index (χ4v) is 3.40. The molecule has 29 heavy (non-hydrogen) atoms. The van der Waals surface area contributed by atoms with E-state index >= 15 is 0 Å². The molecule has 0 aliphatic carbocycles. The van der Waals surface area contributed by atoms with Crippen LogP contribution in [0, 0.1) is 5.92 Å². The van der Waals surface area contributed by atoms with Gasteiger partial charge < -0.3 is 24.8 Å². The monoisotopic (exact) mass is 412 g/mol. The van der Waals surface area contributed by atoms with Crippen molar-refractivity contribution in [1.29, 1.82) is 0 Å². The number of allylic oxidation sites excluding steroid dienone is 1. The minimum atomic E-state index is -0.869. The number of likely N-dealkylation sites (tertiary alicyclic amines) is 1. The van der Waals surface area contributed by atoms with E-state index in [1.807, 2.05) is 13.0 Å². The predicted molar refractivity (Wildman–Crippen MR) is 109 cm³/mol. The molecule has 1 rings (SSSR count). The first-order valence-electron chi connectivity index (χ1n) is 10.2. The van der Waals surface area contributed by atoms with Crippen molar-refractivity contribution in [2.24, 2.45) is 5.92 Å². The van der Waals surface area contributed by atoms with Gasteiger partial charge >= 0.3 is 12.1 Å². The molecule has 0 spiro atoms. The highest BCUT2D eigenvalue weighted by Gasteiger charge is 2.43. The zero-order chi connectivity index (χ0) is 22.2. The van der Waals surface area contributed by atoms with Gasteiger partial charge in [-0.25, -0.2) is 9.59 Å². The molecule has 2 amide bonds. The Kier molecular flexibility index (Phi) is 9.62. The molecule has 0 aromatic rings. The van der Waals surface area contributed by atoms with E-state index in [9.17, 15) is 19.5 Å². The molecule has 166 valence electrons. The van der Waals surface area contributed by atoms with Crippen LogP contribution in [0.1, 0.15) is 59.8 Å². The first-order valence-corrected chi connectivity index (χ1v) is 10.2. The molecule has 0 bridgehead atoms. The summed E-state index contributed by atoms with van der Waals surface area (Å²) in [6, 6.07) is -1.73. The van der Waals surface area contributed by atoms with Gasteiger partial charge in [0, 0.05) is 13.0 Å². The third-order valence-electron chi connectivity index (χ3n) is 4.86. The summed E-state index contributed by atoms with van der Waals surface area (Å²) in [5.74, 6) is -1.18. The van der Waals surface area contributed by atoms with E-state index in [-0.39, 0.29) is 18.9 Å². The first kappa shape index (κ1) is 24.9. The Morgan fingerprint density at radius 2 is 1.97 bits per heavy atom. The molecule has 1 aliphatic rings. The number of ether oxygens (including phenoxy) is 2.